The van der Waals surface area contributed by atoms with Crippen LogP contribution >= 0.6 is 0 Å². The lowest BCUT2D eigenvalue weighted by Gasteiger charge is -2.21. The summed E-state index contributed by atoms with van der Waals surface area (Å²) in [7, 11) is 1.58. The first-order valence-corrected chi connectivity index (χ1v) is 10.6. The molecule has 1 N–H and O–H groups in total. The molecule has 0 aliphatic heterocycles. The summed E-state index contributed by atoms with van der Waals surface area (Å²) in [6.45, 7) is 4.82. The summed E-state index contributed by atoms with van der Waals surface area (Å²) in [6.07, 6.45) is 6.65. The maximum Gasteiger partial charge on any atom is 0.251 e. The number of fused-ring (bicyclic) bond motifs is 2. The van der Waals surface area contributed by atoms with Crippen molar-refractivity contribution in [1.82, 2.24) is 10.5 Å². The Kier molecular flexibility index (Phi) is 5.79. The molecule has 6 heteroatoms. The Bertz CT molecular complexity index is 856. The highest BCUT2D eigenvalue weighted by molar-refractivity contribution is 5.94. The Balaban J connectivity index is 1.32. The maximum absolute atomic E-state index is 12.6. The van der Waals surface area contributed by atoms with Gasteiger partial charge in [-0.1, -0.05) is 11.6 Å². The summed E-state index contributed by atoms with van der Waals surface area (Å²) in [5.41, 5.74) is 2.32. The van der Waals surface area contributed by atoms with E-state index in [1.165, 1.54) is 25.7 Å². The summed E-state index contributed by atoms with van der Waals surface area (Å²) < 4.78 is 16.5. The van der Waals surface area contributed by atoms with Crippen LogP contribution in [0.25, 0.3) is 0 Å². The maximum atomic E-state index is 12.6. The number of nitrogens with one attached hydrogen (secondary N) is 1. The molecule has 3 atom stereocenters. The number of aryl methyl sites for hydroxylation is 2. The highest BCUT2D eigenvalue weighted by Gasteiger charge is 2.38. The minimum absolute atomic E-state index is 0.0660. The van der Waals surface area contributed by atoms with Crippen molar-refractivity contribution in [2.75, 3.05) is 13.7 Å². The number of rotatable bonds is 8. The number of methoxy groups -OCH3 is 1. The molecular formula is C23H30N2O4. The lowest BCUT2D eigenvalue weighted by molar-refractivity contribution is 0.0949. The number of carbonyl (C=O) groups excluding carboxylic acids is 1. The van der Waals surface area contributed by atoms with E-state index in [9.17, 15) is 4.79 Å². The van der Waals surface area contributed by atoms with Crippen LogP contribution in [0.4, 0.5) is 0 Å². The fraction of sp³-hybridized carbons (Fsp3) is 0.565. The molecule has 1 heterocycles. The normalized spacial score (nSPS) is 22.7. The molecule has 2 aliphatic rings. The van der Waals surface area contributed by atoms with E-state index < -0.39 is 0 Å². The first-order valence-electron chi connectivity index (χ1n) is 10.6. The van der Waals surface area contributed by atoms with Crippen molar-refractivity contribution < 1.29 is 18.8 Å². The lowest BCUT2D eigenvalue weighted by atomic mass is 9.86. The molecule has 1 amide bonds. The molecule has 29 heavy (non-hydrogen) atoms. The van der Waals surface area contributed by atoms with Crippen LogP contribution in [0.3, 0.4) is 0 Å². The number of amides is 1. The van der Waals surface area contributed by atoms with Gasteiger partial charge in [-0.25, -0.2) is 0 Å². The Morgan fingerprint density at radius 3 is 2.76 bits per heavy atom. The number of hydrogen-bond acceptors (Lipinski definition) is 5. The highest BCUT2D eigenvalue weighted by atomic mass is 16.5. The second-order valence-corrected chi connectivity index (χ2v) is 8.44. The van der Waals surface area contributed by atoms with Crippen LogP contribution in [0.2, 0.25) is 0 Å². The van der Waals surface area contributed by atoms with E-state index in [0.29, 0.717) is 23.7 Å². The third-order valence-corrected chi connectivity index (χ3v) is 6.66. The van der Waals surface area contributed by atoms with Crippen molar-refractivity contribution in [3.63, 3.8) is 0 Å². The van der Waals surface area contributed by atoms with Crippen LogP contribution < -0.4 is 14.8 Å². The van der Waals surface area contributed by atoms with Crippen molar-refractivity contribution >= 4 is 5.91 Å². The third-order valence-electron chi connectivity index (χ3n) is 6.66. The SMILES string of the molecule is COc1cc(C(=O)NCCC2CC3CCC2C3)ccc1OCc1c(C)noc1C. The largest absolute Gasteiger partial charge is 0.493 e. The average Bonchev–Trinajstić information content (AvgIpc) is 3.43. The summed E-state index contributed by atoms with van der Waals surface area (Å²) in [4.78, 5) is 12.6. The van der Waals surface area contributed by atoms with E-state index in [1.807, 2.05) is 13.8 Å². The molecular weight excluding hydrogens is 368 g/mol. The molecule has 2 aliphatic carbocycles. The zero-order chi connectivity index (χ0) is 20.4. The van der Waals surface area contributed by atoms with E-state index in [1.54, 1.807) is 25.3 Å². The molecule has 3 unspecified atom stereocenters. The van der Waals surface area contributed by atoms with Gasteiger partial charge in [0, 0.05) is 12.1 Å². The van der Waals surface area contributed by atoms with Gasteiger partial charge in [0.05, 0.1) is 18.4 Å². The molecule has 2 bridgehead atoms. The van der Waals surface area contributed by atoms with Gasteiger partial charge in [-0.2, -0.15) is 0 Å². The number of ether oxygens (including phenoxy) is 2. The Morgan fingerprint density at radius 1 is 1.24 bits per heavy atom. The predicted molar refractivity (Wildman–Crippen MR) is 109 cm³/mol. The van der Waals surface area contributed by atoms with Gasteiger partial charge >= 0.3 is 0 Å². The van der Waals surface area contributed by atoms with Gasteiger partial charge in [0.1, 0.15) is 12.4 Å². The van der Waals surface area contributed by atoms with Crippen molar-refractivity contribution in [1.29, 1.82) is 0 Å². The van der Waals surface area contributed by atoms with Crippen LogP contribution in [0.15, 0.2) is 22.7 Å². The molecule has 4 rings (SSSR count). The van der Waals surface area contributed by atoms with E-state index in [2.05, 4.69) is 10.5 Å². The minimum Gasteiger partial charge on any atom is -0.493 e. The Hall–Kier alpha value is -2.50. The molecule has 156 valence electrons. The van der Waals surface area contributed by atoms with Crippen LogP contribution in [0.5, 0.6) is 11.5 Å². The molecule has 2 fully saturated rings. The van der Waals surface area contributed by atoms with Gasteiger partial charge in [-0.3, -0.25) is 4.79 Å². The first-order chi connectivity index (χ1) is 14.0. The average molecular weight is 399 g/mol. The van der Waals surface area contributed by atoms with Gasteiger partial charge in [-0.05, 0) is 75.5 Å². The zero-order valence-electron chi connectivity index (χ0n) is 17.5. The van der Waals surface area contributed by atoms with Gasteiger partial charge in [0.2, 0.25) is 0 Å². The number of benzene rings is 1. The van der Waals surface area contributed by atoms with E-state index in [-0.39, 0.29) is 5.91 Å². The fourth-order valence-electron chi connectivity index (χ4n) is 4.99. The molecule has 2 saturated carbocycles. The summed E-state index contributed by atoms with van der Waals surface area (Å²) in [5.74, 6) is 4.44. The molecule has 2 aromatic rings. The molecule has 0 spiro atoms. The smallest absolute Gasteiger partial charge is 0.251 e. The quantitative estimate of drug-likeness (QED) is 0.712. The minimum atomic E-state index is -0.0660. The summed E-state index contributed by atoms with van der Waals surface area (Å²) >= 11 is 0. The molecule has 0 radical (unpaired) electrons. The number of hydrogen-bond donors (Lipinski definition) is 1. The van der Waals surface area contributed by atoms with Crippen LogP contribution in [0.1, 0.15) is 59.5 Å². The van der Waals surface area contributed by atoms with E-state index >= 15 is 0 Å². The second kappa shape index (κ2) is 8.47. The van der Waals surface area contributed by atoms with Crippen molar-refractivity contribution in [3.05, 3.63) is 40.8 Å². The molecule has 1 aromatic carbocycles. The van der Waals surface area contributed by atoms with Crippen LogP contribution in [-0.4, -0.2) is 24.7 Å². The van der Waals surface area contributed by atoms with Crippen LogP contribution in [0, 0.1) is 31.6 Å². The first kappa shape index (κ1) is 19.8. The van der Waals surface area contributed by atoms with Gasteiger partial charge < -0.3 is 19.3 Å². The van der Waals surface area contributed by atoms with E-state index in [4.69, 9.17) is 14.0 Å². The van der Waals surface area contributed by atoms with Gasteiger partial charge in [-0.15, -0.1) is 0 Å². The topological polar surface area (TPSA) is 73.6 Å². The molecule has 1 aromatic heterocycles. The number of nitrogens with zero attached hydrogens (tertiary/aromatic N) is 1. The fourth-order valence-corrected chi connectivity index (χ4v) is 4.99. The van der Waals surface area contributed by atoms with E-state index in [0.717, 1.165) is 47.7 Å². The number of aromatic nitrogens is 1. The highest BCUT2D eigenvalue weighted by Crippen LogP contribution is 2.49. The predicted octanol–water partition coefficient (Wildman–Crippen LogP) is 4.44. The summed E-state index contributed by atoms with van der Waals surface area (Å²) in [5, 5.41) is 7.01. The Labute approximate surface area is 171 Å². The third kappa shape index (κ3) is 4.26. The monoisotopic (exact) mass is 398 g/mol. The van der Waals surface area contributed by atoms with Gasteiger partial charge in [0.25, 0.3) is 5.91 Å². The standard InChI is InChI=1S/C23H30N2O4/c1-14-20(15(2)29-25-14)13-28-21-7-6-19(12-22(21)27-3)23(26)24-9-8-18-11-16-4-5-17(18)10-16/h6-7,12,16-18H,4-5,8-11,13H2,1-3H3,(H,24,26). The molecule has 6 nitrogen and oxygen atoms in total. The Morgan fingerprint density at radius 2 is 2.10 bits per heavy atom. The van der Waals surface area contributed by atoms with Gasteiger partial charge in [0.15, 0.2) is 11.5 Å². The lowest BCUT2D eigenvalue weighted by Crippen LogP contribution is -2.27. The summed E-state index contributed by atoms with van der Waals surface area (Å²) in [6, 6.07) is 5.29. The molecule has 0 saturated heterocycles. The van der Waals surface area contributed by atoms with Crippen molar-refractivity contribution in [3.8, 4) is 11.5 Å². The number of carbonyl (C=O) groups is 1. The van der Waals surface area contributed by atoms with Crippen LogP contribution in [-0.2, 0) is 6.61 Å². The van der Waals surface area contributed by atoms with Crippen molar-refractivity contribution in [2.45, 2.75) is 52.6 Å². The van der Waals surface area contributed by atoms with Crippen molar-refractivity contribution in [2.24, 2.45) is 17.8 Å². The zero-order valence-corrected chi connectivity index (χ0v) is 17.5. The second-order valence-electron chi connectivity index (χ2n) is 8.44.